The number of benzene rings is 2. The average Bonchev–Trinajstić information content (AvgIpc) is 3.59. The summed E-state index contributed by atoms with van der Waals surface area (Å²) >= 11 is 1.20. The molecule has 1 aliphatic heterocycles. The Bertz CT molecular complexity index is 2000. The first-order chi connectivity index (χ1) is 21.6. The van der Waals surface area contributed by atoms with Crippen LogP contribution in [-0.2, 0) is 14.3 Å². The van der Waals surface area contributed by atoms with Crippen molar-refractivity contribution in [1.82, 2.24) is 4.57 Å². The monoisotopic (exact) mass is 630 g/mol. The van der Waals surface area contributed by atoms with E-state index in [4.69, 9.17) is 23.4 Å². The molecule has 234 valence electrons. The molecule has 11 heteroatoms. The van der Waals surface area contributed by atoms with Gasteiger partial charge in [-0.1, -0.05) is 23.5 Å². The van der Waals surface area contributed by atoms with Gasteiger partial charge < -0.3 is 23.4 Å². The minimum atomic E-state index is -0.812. The summed E-state index contributed by atoms with van der Waals surface area (Å²) in [7, 11) is 2.88. The first-order valence-corrected chi connectivity index (χ1v) is 15.2. The highest BCUT2D eigenvalue weighted by Crippen LogP contribution is 2.36. The average molecular weight is 631 g/mol. The standard InChI is InChI=1S/C34H34N2O8S/c1-8-42-33(39)29-20(5)35-34-36(30(29)21-10-13-26(43-18(2)3)27(16-21)40-6)31(37)28(45-34)17-23-11-14-25(44-23)24-12-9-22(15-19(24)4)32(38)41-7/h9-18,30H,8H2,1-7H3/b28-17-/t30-/m1/s1. The lowest BCUT2D eigenvalue weighted by atomic mass is 9.95. The largest absolute Gasteiger partial charge is 0.493 e. The van der Waals surface area contributed by atoms with Crippen LogP contribution in [-0.4, -0.2) is 43.4 Å². The van der Waals surface area contributed by atoms with Gasteiger partial charge >= 0.3 is 11.9 Å². The molecule has 0 radical (unpaired) electrons. The van der Waals surface area contributed by atoms with Crippen molar-refractivity contribution < 1.29 is 33.0 Å². The van der Waals surface area contributed by atoms with E-state index in [1.807, 2.05) is 32.9 Å². The van der Waals surface area contributed by atoms with Gasteiger partial charge in [0.2, 0.25) is 0 Å². The Morgan fingerprint density at radius 1 is 1.04 bits per heavy atom. The van der Waals surface area contributed by atoms with Gasteiger partial charge in [0.25, 0.3) is 5.56 Å². The van der Waals surface area contributed by atoms with Crippen molar-refractivity contribution >= 4 is 29.4 Å². The van der Waals surface area contributed by atoms with Crippen molar-refractivity contribution in [2.75, 3.05) is 20.8 Å². The Morgan fingerprint density at radius 3 is 2.49 bits per heavy atom. The van der Waals surface area contributed by atoms with Crippen LogP contribution in [0.5, 0.6) is 11.5 Å². The number of rotatable bonds is 9. The maximum Gasteiger partial charge on any atom is 0.338 e. The molecule has 3 heterocycles. The molecule has 1 atom stereocenters. The molecule has 0 aliphatic carbocycles. The predicted octanol–water partition coefficient (Wildman–Crippen LogP) is 4.95. The minimum absolute atomic E-state index is 0.0788. The SMILES string of the molecule is CCOC(=O)C1=C(C)N=c2s/c(=C\c3ccc(-c4ccc(C(=O)OC)cc4C)o3)c(=O)n2[C@@H]1c1ccc(OC(C)C)c(OC)c1. The number of aromatic nitrogens is 1. The Kier molecular flexibility index (Phi) is 9.10. The van der Waals surface area contributed by atoms with Crippen LogP contribution in [0.15, 0.2) is 74.0 Å². The summed E-state index contributed by atoms with van der Waals surface area (Å²) in [5, 5.41) is 0. The molecule has 5 rings (SSSR count). The van der Waals surface area contributed by atoms with Gasteiger partial charge in [-0.3, -0.25) is 9.36 Å². The van der Waals surface area contributed by atoms with Gasteiger partial charge in [0.1, 0.15) is 11.5 Å². The van der Waals surface area contributed by atoms with Crippen LogP contribution in [0.1, 0.15) is 61.0 Å². The van der Waals surface area contributed by atoms with Crippen LogP contribution < -0.4 is 24.4 Å². The molecule has 4 aromatic rings. The van der Waals surface area contributed by atoms with E-state index in [1.165, 1.54) is 30.1 Å². The van der Waals surface area contributed by atoms with E-state index in [9.17, 15) is 14.4 Å². The third-order valence-electron chi connectivity index (χ3n) is 7.20. The van der Waals surface area contributed by atoms with Crippen molar-refractivity contribution in [1.29, 1.82) is 0 Å². The van der Waals surface area contributed by atoms with Crippen LogP contribution >= 0.6 is 11.3 Å². The Balaban J connectivity index is 1.61. The van der Waals surface area contributed by atoms with Gasteiger partial charge in [-0.2, -0.15) is 0 Å². The van der Waals surface area contributed by atoms with Crippen molar-refractivity contribution in [3.63, 3.8) is 0 Å². The van der Waals surface area contributed by atoms with Crippen LogP contribution in [0.2, 0.25) is 0 Å². The maximum atomic E-state index is 14.0. The highest BCUT2D eigenvalue weighted by molar-refractivity contribution is 7.07. The van der Waals surface area contributed by atoms with Gasteiger partial charge in [-0.25, -0.2) is 14.6 Å². The highest BCUT2D eigenvalue weighted by Gasteiger charge is 2.34. The molecule has 0 N–H and O–H groups in total. The fraction of sp³-hybridized carbons (Fsp3) is 0.294. The fourth-order valence-corrected chi connectivity index (χ4v) is 6.23. The van der Waals surface area contributed by atoms with Gasteiger partial charge in [-0.15, -0.1) is 0 Å². The Labute approximate surface area is 263 Å². The van der Waals surface area contributed by atoms with Crippen molar-refractivity contribution in [2.24, 2.45) is 4.99 Å². The van der Waals surface area contributed by atoms with Gasteiger partial charge in [0.05, 0.1) is 54.3 Å². The van der Waals surface area contributed by atoms with E-state index in [2.05, 4.69) is 4.99 Å². The van der Waals surface area contributed by atoms with Crippen LogP contribution in [0, 0.1) is 6.92 Å². The van der Waals surface area contributed by atoms with E-state index in [0.717, 1.165) is 11.1 Å². The minimum Gasteiger partial charge on any atom is -0.493 e. The number of hydrogen-bond acceptors (Lipinski definition) is 10. The summed E-state index contributed by atoms with van der Waals surface area (Å²) in [5.74, 6) is 1.09. The topological polar surface area (TPSA) is 119 Å². The second kappa shape index (κ2) is 13.0. The van der Waals surface area contributed by atoms with Crippen molar-refractivity contribution in [3.8, 4) is 22.8 Å². The molecular formula is C34H34N2O8S. The Morgan fingerprint density at radius 2 is 1.82 bits per heavy atom. The van der Waals surface area contributed by atoms with E-state index < -0.39 is 18.0 Å². The van der Waals surface area contributed by atoms with E-state index >= 15 is 0 Å². The third kappa shape index (κ3) is 6.21. The molecule has 2 aromatic heterocycles. The lowest BCUT2D eigenvalue weighted by molar-refractivity contribution is -0.139. The number of methoxy groups -OCH3 is 2. The molecular weight excluding hydrogens is 596 g/mol. The van der Waals surface area contributed by atoms with E-state index in [1.54, 1.807) is 56.3 Å². The molecule has 0 saturated heterocycles. The number of nitrogens with zero attached hydrogens (tertiary/aromatic N) is 2. The summed E-state index contributed by atoms with van der Waals surface area (Å²) in [4.78, 5) is 44.3. The zero-order valence-corrected chi connectivity index (χ0v) is 26.9. The quantitative estimate of drug-likeness (QED) is 0.239. The molecule has 1 aliphatic rings. The highest BCUT2D eigenvalue weighted by atomic mass is 32.1. The summed E-state index contributed by atoms with van der Waals surface area (Å²) in [6.45, 7) is 9.34. The van der Waals surface area contributed by atoms with Crippen molar-refractivity contribution in [3.05, 3.63) is 102 Å². The lowest BCUT2D eigenvalue weighted by Gasteiger charge is -2.25. The number of carbonyl (C=O) groups is 2. The van der Waals surface area contributed by atoms with Gasteiger partial charge in [0.15, 0.2) is 16.3 Å². The molecule has 0 amide bonds. The molecule has 45 heavy (non-hydrogen) atoms. The number of allylic oxidation sites excluding steroid dienone is 1. The number of aryl methyl sites for hydroxylation is 1. The summed E-state index contributed by atoms with van der Waals surface area (Å²) < 4.78 is 29.7. The molecule has 0 bridgehead atoms. The molecule has 2 aromatic carbocycles. The molecule has 0 fully saturated rings. The molecule has 0 saturated carbocycles. The molecule has 0 spiro atoms. The lowest BCUT2D eigenvalue weighted by Crippen LogP contribution is -2.40. The normalized spacial score (nSPS) is 14.7. The van der Waals surface area contributed by atoms with Crippen LogP contribution in [0.3, 0.4) is 0 Å². The first-order valence-electron chi connectivity index (χ1n) is 14.4. The van der Waals surface area contributed by atoms with E-state index in [0.29, 0.717) is 49.2 Å². The van der Waals surface area contributed by atoms with Gasteiger partial charge in [0, 0.05) is 11.6 Å². The molecule has 0 unspecified atom stereocenters. The number of carbonyl (C=O) groups excluding carboxylic acids is 2. The van der Waals surface area contributed by atoms with Crippen LogP contribution in [0.25, 0.3) is 17.4 Å². The summed E-state index contributed by atoms with van der Waals surface area (Å²) in [6.07, 6.45) is 1.58. The predicted molar refractivity (Wildman–Crippen MR) is 169 cm³/mol. The fourth-order valence-electron chi connectivity index (χ4n) is 5.20. The third-order valence-corrected chi connectivity index (χ3v) is 8.18. The summed E-state index contributed by atoms with van der Waals surface area (Å²) in [6, 6.07) is 13.3. The first kappa shape index (κ1) is 31.5. The number of hydrogen-bond donors (Lipinski definition) is 0. The van der Waals surface area contributed by atoms with Crippen LogP contribution in [0.4, 0.5) is 0 Å². The number of fused-ring (bicyclic) bond motifs is 1. The second-order valence-corrected chi connectivity index (χ2v) is 11.6. The van der Waals surface area contributed by atoms with Gasteiger partial charge in [-0.05, 0) is 82.1 Å². The summed E-state index contributed by atoms with van der Waals surface area (Å²) in [5.41, 5.74) is 3.10. The molecule has 10 nitrogen and oxygen atoms in total. The number of thiazole rings is 1. The second-order valence-electron chi connectivity index (χ2n) is 10.6. The van der Waals surface area contributed by atoms with Crippen molar-refractivity contribution in [2.45, 2.75) is 46.8 Å². The number of ether oxygens (including phenoxy) is 4. The number of esters is 2. The Hall–Kier alpha value is -4.90. The van der Waals surface area contributed by atoms with E-state index in [-0.39, 0.29) is 23.8 Å². The zero-order chi connectivity index (χ0) is 32.4. The zero-order valence-electron chi connectivity index (χ0n) is 26.1. The number of furan rings is 1. The smallest absolute Gasteiger partial charge is 0.338 e. The maximum absolute atomic E-state index is 14.0.